The van der Waals surface area contributed by atoms with Gasteiger partial charge in [0.15, 0.2) is 0 Å². The van der Waals surface area contributed by atoms with Gasteiger partial charge in [-0.2, -0.15) is 0 Å². The summed E-state index contributed by atoms with van der Waals surface area (Å²) in [6, 6.07) is 15.3. The van der Waals surface area contributed by atoms with Gasteiger partial charge in [0.2, 0.25) is 0 Å². The van der Waals surface area contributed by atoms with Crippen LogP contribution >= 0.6 is 0 Å². The topological polar surface area (TPSA) is 81.2 Å². The molecule has 0 unspecified atom stereocenters. The Morgan fingerprint density at radius 2 is 1.79 bits per heavy atom. The van der Waals surface area contributed by atoms with Gasteiger partial charge >= 0.3 is 5.97 Å². The van der Waals surface area contributed by atoms with Gasteiger partial charge in [0.25, 0.3) is 10.0 Å². The van der Waals surface area contributed by atoms with Crippen LogP contribution in [0.2, 0.25) is 0 Å². The van der Waals surface area contributed by atoms with E-state index in [9.17, 15) is 13.2 Å². The third-order valence-electron chi connectivity index (χ3n) is 4.82. The smallest absolute Gasteiger partial charge is 0.361 e. The highest BCUT2D eigenvalue weighted by Gasteiger charge is 2.31. The molecule has 1 N–H and O–H groups in total. The summed E-state index contributed by atoms with van der Waals surface area (Å²) >= 11 is 0. The number of aryl methyl sites for hydroxylation is 2. The Morgan fingerprint density at radius 3 is 2.45 bits per heavy atom. The maximum absolute atomic E-state index is 13.6. The summed E-state index contributed by atoms with van der Waals surface area (Å²) < 4.78 is 33.7. The number of aromatic amines is 1. The lowest BCUT2D eigenvalue weighted by Crippen LogP contribution is -2.22. The second kappa shape index (κ2) is 7.25. The Bertz CT molecular complexity index is 1280. The van der Waals surface area contributed by atoms with Crippen LogP contribution in [0, 0.1) is 6.92 Å². The number of nitrogens with zero attached hydrogens (tertiary/aromatic N) is 1. The number of para-hydroxylation sites is 1. The van der Waals surface area contributed by atoms with Crippen molar-refractivity contribution in [1.82, 2.24) is 8.96 Å². The van der Waals surface area contributed by atoms with Gasteiger partial charge in [-0.3, -0.25) is 0 Å². The van der Waals surface area contributed by atoms with Gasteiger partial charge in [-0.15, -0.1) is 0 Å². The number of aromatic nitrogens is 2. The summed E-state index contributed by atoms with van der Waals surface area (Å²) in [4.78, 5) is 16.0. The molecule has 0 atom stereocenters. The van der Waals surface area contributed by atoms with E-state index >= 15 is 0 Å². The van der Waals surface area contributed by atoms with Crippen molar-refractivity contribution in [2.24, 2.45) is 0 Å². The molecule has 0 saturated heterocycles. The van der Waals surface area contributed by atoms with E-state index < -0.39 is 16.0 Å². The van der Waals surface area contributed by atoms with Crippen molar-refractivity contribution in [1.29, 1.82) is 0 Å². The Kier molecular flexibility index (Phi) is 4.76. The Labute approximate surface area is 168 Å². The lowest BCUT2D eigenvalue weighted by atomic mass is 10.1. The number of carbonyl (C=O) groups excluding carboxylic acids is 1. The molecule has 0 aliphatic carbocycles. The molecular formula is C22H20N2O4S. The minimum absolute atomic E-state index is 0.0236. The summed E-state index contributed by atoms with van der Waals surface area (Å²) in [7, 11) is -4.02. The first kappa shape index (κ1) is 19.0. The molecule has 0 aliphatic rings. The van der Waals surface area contributed by atoms with Gasteiger partial charge in [0, 0.05) is 17.8 Å². The van der Waals surface area contributed by atoms with Crippen molar-refractivity contribution in [3.05, 3.63) is 83.8 Å². The van der Waals surface area contributed by atoms with Crippen molar-refractivity contribution in [2.45, 2.75) is 25.2 Å². The minimum Gasteiger partial charge on any atom is -0.420 e. The first-order valence-corrected chi connectivity index (χ1v) is 10.7. The second-order valence-corrected chi connectivity index (χ2v) is 8.50. The van der Waals surface area contributed by atoms with Crippen molar-refractivity contribution < 1.29 is 17.9 Å². The highest BCUT2D eigenvalue weighted by Crippen LogP contribution is 2.31. The zero-order valence-electron chi connectivity index (χ0n) is 16.0. The van der Waals surface area contributed by atoms with E-state index in [-0.39, 0.29) is 10.6 Å². The molecule has 0 radical (unpaired) electrons. The van der Waals surface area contributed by atoms with Crippen LogP contribution in [0.1, 0.15) is 28.5 Å². The second-order valence-electron chi connectivity index (χ2n) is 6.72. The zero-order valence-corrected chi connectivity index (χ0v) is 16.9. The number of rotatable bonds is 5. The third kappa shape index (κ3) is 3.23. The number of benzene rings is 2. The summed E-state index contributed by atoms with van der Waals surface area (Å²) in [5.74, 6) is -0.394. The number of hydrogen-bond donors (Lipinski definition) is 1. The van der Waals surface area contributed by atoms with Gasteiger partial charge < -0.3 is 9.72 Å². The monoisotopic (exact) mass is 408 g/mol. The zero-order chi connectivity index (χ0) is 20.6. The maximum Gasteiger partial charge on any atom is 0.361 e. The van der Waals surface area contributed by atoms with Crippen molar-refractivity contribution in [3.63, 3.8) is 0 Å². The largest absolute Gasteiger partial charge is 0.420 e. The number of carbonyl (C=O) groups is 1. The average Bonchev–Trinajstić information content (AvgIpc) is 3.33. The predicted molar refractivity (Wildman–Crippen MR) is 111 cm³/mol. The maximum atomic E-state index is 13.6. The number of hydrogen-bond acceptors (Lipinski definition) is 4. The number of ether oxygens (including phenoxy) is 1. The van der Waals surface area contributed by atoms with E-state index in [0.29, 0.717) is 28.6 Å². The normalized spacial score (nSPS) is 11.7. The predicted octanol–water partition coefficient (Wildman–Crippen LogP) is 4.30. The van der Waals surface area contributed by atoms with E-state index in [1.807, 2.05) is 26.0 Å². The highest BCUT2D eigenvalue weighted by atomic mass is 32.2. The van der Waals surface area contributed by atoms with Crippen molar-refractivity contribution in [2.75, 3.05) is 0 Å². The molecule has 4 aromatic rings. The average molecular weight is 408 g/mol. The molecule has 0 saturated carbocycles. The van der Waals surface area contributed by atoms with Crippen LogP contribution in [0.5, 0.6) is 5.75 Å². The Balaban J connectivity index is 1.99. The fourth-order valence-electron chi connectivity index (χ4n) is 3.43. The molecule has 0 amide bonds. The molecule has 2 aromatic carbocycles. The molecule has 2 aromatic heterocycles. The number of H-pyrrole nitrogens is 1. The van der Waals surface area contributed by atoms with Crippen LogP contribution in [0.3, 0.4) is 0 Å². The molecule has 148 valence electrons. The first-order chi connectivity index (χ1) is 13.9. The molecular weight excluding hydrogens is 388 g/mol. The lowest BCUT2D eigenvalue weighted by molar-refractivity contribution is 0.0727. The number of nitrogens with one attached hydrogen (secondary N) is 1. The minimum atomic E-state index is -4.02. The van der Waals surface area contributed by atoms with Gasteiger partial charge in [0.1, 0.15) is 11.4 Å². The molecule has 2 heterocycles. The van der Waals surface area contributed by atoms with E-state index in [1.54, 1.807) is 48.7 Å². The fraction of sp³-hybridized carbons (Fsp3) is 0.136. The Hall–Kier alpha value is -3.32. The van der Waals surface area contributed by atoms with Crippen LogP contribution in [0.25, 0.3) is 10.9 Å². The molecule has 0 fully saturated rings. The van der Waals surface area contributed by atoms with Crippen LogP contribution < -0.4 is 4.74 Å². The number of fused-ring (bicyclic) bond motifs is 1. The van der Waals surface area contributed by atoms with E-state index in [0.717, 1.165) is 9.54 Å². The third-order valence-corrected chi connectivity index (χ3v) is 6.55. The summed E-state index contributed by atoms with van der Waals surface area (Å²) in [5.41, 5.74) is 2.06. The highest BCUT2D eigenvalue weighted by molar-refractivity contribution is 7.90. The van der Waals surface area contributed by atoms with Crippen LogP contribution in [0.4, 0.5) is 0 Å². The number of esters is 1. The molecule has 6 nitrogen and oxygen atoms in total. The van der Waals surface area contributed by atoms with Crippen LogP contribution in [0.15, 0.2) is 71.9 Å². The SMILES string of the molecule is CCc1c(C(=O)Oc2cc[nH]c2)n(S(=O)(=O)c2ccc(C)cc2)c2ccccc12. The molecule has 7 heteroatoms. The van der Waals surface area contributed by atoms with Crippen LogP contribution in [-0.2, 0) is 16.4 Å². The van der Waals surface area contributed by atoms with Crippen LogP contribution in [-0.4, -0.2) is 23.3 Å². The van der Waals surface area contributed by atoms with Gasteiger partial charge in [-0.25, -0.2) is 17.2 Å². The molecule has 4 rings (SSSR count). The quantitative estimate of drug-likeness (QED) is 0.499. The van der Waals surface area contributed by atoms with Gasteiger partial charge in [-0.1, -0.05) is 42.8 Å². The molecule has 0 spiro atoms. The van der Waals surface area contributed by atoms with Gasteiger partial charge in [0.05, 0.1) is 10.4 Å². The van der Waals surface area contributed by atoms with Crippen molar-refractivity contribution >= 4 is 26.9 Å². The standard InChI is InChI=1S/C22H20N2O4S/c1-3-18-19-6-4-5-7-20(19)24(21(18)22(25)28-16-12-13-23-14-16)29(26,27)17-10-8-15(2)9-11-17/h4-14,23H,3H2,1-2H3. The Morgan fingerprint density at radius 1 is 1.07 bits per heavy atom. The van der Waals surface area contributed by atoms with E-state index in [2.05, 4.69) is 4.98 Å². The van der Waals surface area contributed by atoms with E-state index in [4.69, 9.17) is 4.74 Å². The summed E-state index contributed by atoms with van der Waals surface area (Å²) in [6.07, 6.45) is 3.64. The van der Waals surface area contributed by atoms with Crippen molar-refractivity contribution in [3.8, 4) is 5.75 Å². The lowest BCUT2D eigenvalue weighted by Gasteiger charge is -2.12. The molecule has 0 bridgehead atoms. The van der Waals surface area contributed by atoms with E-state index in [1.165, 1.54) is 6.20 Å². The summed E-state index contributed by atoms with van der Waals surface area (Å²) in [6.45, 7) is 3.77. The molecule has 0 aliphatic heterocycles. The summed E-state index contributed by atoms with van der Waals surface area (Å²) in [5, 5.41) is 0.715. The molecule has 29 heavy (non-hydrogen) atoms. The fourth-order valence-corrected chi connectivity index (χ4v) is 4.97. The van der Waals surface area contributed by atoms with Gasteiger partial charge in [-0.05, 0) is 43.2 Å². The first-order valence-electron chi connectivity index (χ1n) is 9.23.